The van der Waals surface area contributed by atoms with Crippen molar-refractivity contribution in [3.63, 3.8) is 0 Å². The maximum absolute atomic E-state index is 13.8. The molecule has 0 saturated heterocycles. The SMILES string of the molecule is CCCCCc1ccc(C#Cc2ccc(C#Cc3ccc4c(F)c(F)ccc4c3)cc2)cc1. The Bertz CT molecular complexity index is 1370. The number of rotatable bonds is 4. The largest absolute Gasteiger partial charge is 0.204 e. The van der Waals surface area contributed by atoms with Crippen molar-refractivity contribution in [1.29, 1.82) is 0 Å². The highest BCUT2D eigenvalue weighted by Crippen LogP contribution is 2.21. The lowest BCUT2D eigenvalue weighted by atomic mass is 10.1. The molecule has 0 aromatic heterocycles. The van der Waals surface area contributed by atoms with Crippen molar-refractivity contribution in [3.05, 3.63) is 118 Å². The maximum atomic E-state index is 13.8. The van der Waals surface area contributed by atoms with Crippen LogP contribution in [0.3, 0.4) is 0 Å². The van der Waals surface area contributed by atoms with E-state index in [1.165, 1.54) is 24.8 Å². The van der Waals surface area contributed by atoms with Crippen LogP contribution in [0.1, 0.15) is 54.0 Å². The molecule has 0 aliphatic heterocycles. The zero-order chi connectivity index (χ0) is 23.0. The Balaban J connectivity index is 1.42. The third-order valence-corrected chi connectivity index (χ3v) is 5.52. The predicted octanol–water partition coefficient (Wildman–Crippen LogP) is 7.65. The predicted molar refractivity (Wildman–Crippen MR) is 132 cm³/mol. The molecule has 0 nitrogen and oxygen atoms in total. The first-order valence-electron chi connectivity index (χ1n) is 11.2. The Kier molecular flexibility index (Phi) is 7.19. The first-order valence-corrected chi connectivity index (χ1v) is 11.2. The maximum Gasteiger partial charge on any atom is 0.166 e. The van der Waals surface area contributed by atoms with Gasteiger partial charge in [0.15, 0.2) is 11.6 Å². The minimum atomic E-state index is -0.844. The van der Waals surface area contributed by atoms with Crippen LogP contribution >= 0.6 is 0 Å². The summed E-state index contributed by atoms with van der Waals surface area (Å²) in [4.78, 5) is 0. The van der Waals surface area contributed by atoms with Gasteiger partial charge in [-0.2, -0.15) is 0 Å². The number of halogens is 2. The van der Waals surface area contributed by atoms with Gasteiger partial charge >= 0.3 is 0 Å². The van der Waals surface area contributed by atoms with Crippen molar-refractivity contribution in [2.45, 2.75) is 32.6 Å². The van der Waals surface area contributed by atoms with Crippen LogP contribution in [0.5, 0.6) is 0 Å². The van der Waals surface area contributed by atoms with Gasteiger partial charge in [-0.05, 0) is 78.4 Å². The number of benzene rings is 4. The number of aryl methyl sites for hydroxylation is 1. The second-order valence-electron chi connectivity index (χ2n) is 8.03. The molecule has 0 atom stereocenters. The van der Waals surface area contributed by atoms with Crippen LogP contribution in [0, 0.1) is 35.3 Å². The van der Waals surface area contributed by atoms with Crippen LogP contribution in [0.2, 0.25) is 0 Å². The van der Waals surface area contributed by atoms with Gasteiger partial charge in [0.05, 0.1) is 0 Å². The van der Waals surface area contributed by atoms with E-state index in [2.05, 4.69) is 54.9 Å². The molecule has 0 aliphatic carbocycles. The van der Waals surface area contributed by atoms with Gasteiger partial charge in [-0.15, -0.1) is 0 Å². The topological polar surface area (TPSA) is 0 Å². The summed E-state index contributed by atoms with van der Waals surface area (Å²) >= 11 is 0. The highest BCUT2D eigenvalue weighted by molar-refractivity contribution is 5.84. The van der Waals surface area contributed by atoms with E-state index in [1.54, 1.807) is 24.3 Å². The fourth-order valence-electron chi connectivity index (χ4n) is 3.60. The molecule has 0 fully saturated rings. The highest BCUT2D eigenvalue weighted by Gasteiger charge is 2.06. The Hall–Kier alpha value is -3.88. The van der Waals surface area contributed by atoms with Crippen LogP contribution in [-0.4, -0.2) is 0 Å². The van der Waals surface area contributed by atoms with Crippen molar-refractivity contribution < 1.29 is 8.78 Å². The van der Waals surface area contributed by atoms with E-state index in [9.17, 15) is 8.78 Å². The van der Waals surface area contributed by atoms with Gasteiger partial charge in [0.1, 0.15) is 0 Å². The monoisotopic (exact) mass is 434 g/mol. The fraction of sp³-hybridized carbons (Fsp3) is 0.161. The smallest absolute Gasteiger partial charge is 0.166 e. The van der Waals surface area contributed by atoms with Crippen molar-refractivity contribution in [3.8, 4) is 23.7 Å². The number of fused-ring (bicyclic) bond motifs is 1. The van der Waals surface area contributed by atoms with Crippen LogP contribution < -0.4 is 0 Å². The molecule has 162 valence electrons. The summed E-state index contributed by atoms with van der Waals surface area (Å²) in [5.41, 5.74) is 4.90. The first-order chi connectivity index (χ1) is 16.1. The summed E-state index contributed by atoms with van der Waals surface area (Å²) in [6.07, 6.45) is 4.86. The van der Waals surface area contributed by atoms with Gasteiger partial charge in [-0.25, -0.2) is 8.78 Å². The van der Waals surface area contributed by atoms with Gasteiger partial charge in [-0.3, -0.25) is 0 Å². The van der Waals surface area contributed by atoms with E-state index in [1.807, 2.05) is 24.3 Å². The Labute approximate surface area is 194 Å². The molecule has 0 N–H and O–H groups in total. The van der Waals surface area contributed by atoms with Gasteiger partial charge in [0, 0.05) is 27.6 Å². The lowest BCUT2D eigenvalue weighted by Crippen LogP contribution is -1.86. The third kappa shape index (κ3) is 5.88. The van der Waals surface area contributed by atoms with Gasteiger partial charge in [0.2, 0.25) is 0 Å². The average molecular weight is 435 g/mol. The zero-order valence-corrected chi connectivity index (χ0v) is 18.6. The molecule has 0 amide bonds. The number of hydrogen-bond donors (Lipinski definition) is 0. The molecular weight excluding hydrogens is 410 g/mol. The second kappa shape index (κ2) is 10.6. The van der Waals surface area contributed by atoms with E-state index < -0.39 is 11.6 Å². The molecule has 0 heterocycles. The molecular formula is C31H24F2. The molecule has 33 heavy (non-hydrogen) atoms. The summed E-state index contributed by atoms with van der Waals surface area (Å²) < 4.78 is 27.2. The number of hydrogen-bond acceptors (Lipinski definition) is 0. The molecule has 0 bridgehead atoms. The Morgan fingerprint density at radius 1 is 0.606 bits per heavy atom. The molecule has 4 rings (SSSR count). The van der Waals surface area contributed by atoms with Crippen LogP contribution in [0.15, 0.2) is 78.9 Å². The van der Waals surface area contributed by atoms with E-state index in [0.29, 0.717) is 5.39 Å². The minimum absolute atomic E-state index is 0.259. The van der Waals surface area contributed by atoms with E-state index >= 15 is 0 Å². The molecule has 0 saturated carbocycles. The average Bonchev–Trinajstić information content (AvgIpc) is 2.85. The molecule has 0 radical (unpaired) electrons. The minimum Gasteiger partial charge on any atom is -0.204 e. The van der Waals surface area contributed by atoms with Crippen LogP contribution in [0.4, 0.5) is 8.78 Å². The van der Waals surface area contributed by atoms with Crippen LogP contribution in [-0.2, 0) is 6.42 Å². The molecule has 2 heteroatoms. The Morgan fingerprint density at radius 2 is 1.15 bits per heavy atom. The standard InChI is InChI=1S/C31H24F2/c1-2-3-4-5-23-6-8-24(9-7-23)10-11-25-12-14-26(15-13-25)16-17-27-18-20-29-28(22-27)19-21-30(32)31(29)33/h6-9,12-15,18-22H,2-5H2,1H3. The van der Waals surface area contributed by atoms with Crippen molar-refractivity contribution in [2.24, 2.45) is 0 Å². The van der Waals surface area contributed by atoms with Gasteiger partial charge < -0.3 is 0 Å². The first kappa shape index (κ1) is 22.3. The van der Waals surface area contributed by atoms with E-state index in [4.69, 9.17) is 0 Å². The lowest BCUT2D eigenvalue weighted by molar-refractivity contribution is 0.517. The summed E-state index contributed by atoms with van der Waals surface area (Å²) in [6, 6.07) is 24.0. The summed E-state index contributed by atoms with van der Waals surface area (Å²) in [7, 11) is 0. The molecule has 0 unspecified atom stereocenters. The fourth-order valence-corrected chi connectivity index (χ4v) is 3.60. The van der Waals surface area contributed by atoms with Gasteiger partial charge in [0.25, 0.3) is 0 Å². The van der Waals surface area contributed by atoms with E-state index in [-0.39, 0.29) is 5.39 Å². The van der Waals surface area contributed by atoms with E-state index in [0.717, 1.165) is 34.7 Å². The number of unbranched alkanes of at least 4 members (excludes halogenated alkanes) is 2. The molecule has 4 aromatic rings. The van der Waals surface area contributed by atoms with Crippen molar-refractivity contribution >= 4 is 10.8 Å². The van der Waals surface area contributed by atoms with Crippen LogP contribution in [0.25, 0.3) is 10.8 Å². The normalized spacial score (nSPS) is 10.3. The second-order valence-corrected chi connectivity index (χ2v) is 8.03. The lowest BCUT2D eigenvalue weighted by Gasteiger charge is -2.01. The molecule has 0 aliphatic rings. The van der Waals surface area contributed by atoms with Gasteiger partial charge in [-0.1, -0.05) is 67.7 Å². The summed E-state index contributed by atoms with van der Waals surface area (Å²) in [6.45, 7) is 2.22. The summed E-state index contributed by atoms with van der Waals surface area (Å²) in [5.74, 6) is 10.9. The quantitative estimate of drug-likeness (QED) is 0.229. The molecule has 4 aromatic carbocycles. The third-order valence-electron chi connectivity index (χ3n) is 5.52. The Morgan fingerprint density at radius 3 is 1.76 bits per heavy atom. The van der Waals surface area contributed by atoms with Crippen molar-refractivity contribution in [1.82, 2.24) is 0 Å². The molecule has 0 spiro atoms. The summed E-state index contributed by atoms with van der Waals surface area (Å²) in [5, 5.41) is 0.884. The highest BCUT2D eigenvalue weighted by atomic mass is 19.2. The zero-order valence-electron chi connectivity index (χ0n) is 18.6. The van der Waals surface area contributed by atoms with Crippen molar-refractivity contribution in [2.75, 3.05) is 0 Å².